The van der Waals surface area contributed by atoms with Crippen LogP contribution >= 0.6 is 0 Å². The van der Waals surface area contributed by atoms with E-state index in [-0.39, 0.29) is 0 Å². The average Bonchev–Trinajstić information content (AvgIpc) is 2.90. The zero-order valence-corrected chi connectivity index (χ0v) is 12.3. The molecule has 104 valence electrons. The molecule has 1 heteroatoms. The molecular formula is C17H31N. The molecule has 4 atom stereocenters. The van der Waals surface area contributed by atoms with Gasteiger partial charge >= 0.3 is 0 Å². The molecule has 0 spiro atoms. The minimum atomic E-state index is 0.505. The summed E-state index contributed by atoms with van der Waals surface area (Å²) in [6.07, 6.45) is 13.0. The third-order valence-corrected chi connectivity index (χ3v) is 6.45. The molecule has 0 saturated heterocycles. The molecule has 3 rings (SSSR count). The van der Waals surface area contributed by atoms with Crippen LogP contribution in [0.3, 0.4) is 0 Å². The van der Waals surface area contributed by atoms with Gasteiger partial charge in [-0.25, -0.2) is 0 Å². The molecule has 0 radical (unpaired) electrons. The molecule has 2 bridgehead atoms. The average molecular weight is 249 g/mol. The van der Waals surface area contributed by atoms with Crippen LogP contribution in [0.5, 0.6) is 0 Å². The molecule has 1 nitrogen and oxygen atoms in total. The van der Waals surface area contributed by atoms with Crippen LogP contribution in [0.1, 0.15) is 71.6 Å². The predicted molar refractivity (Wildman–Crippen MR) is 77.3 cm³/mol. The Kier molecular flexibility index (Phi) is 3.47. The summed E-state index contributed by atoms with van der Waals surface area (Å²) in [4.78, 5) is 0. The lowest BCUT2D eigenvalue weighted by atomic mass is 9.69. The molecule has 0 aromatic heterocycles. The number of fused-ring (bicyclic) bond motifs is 2. The lowest BCUT2D eigenvalue weighted by Crippen LogP contribution is -2.37. The van der Waals surface area contributed by atoms with E-state index in [1.807, 2.05) is 0 Å². The van der Waals surface area contributed by atoms with E-state index in [1.54, 1.807) is 0 Å². The minimum Gasteiger partial charge on any atom is -0.327 e. The van der Waals surface area contributed by atoms with Crippen LogP contribution in [0, 0.1) is 29.1 Å². The normalized spacial score (nSPS) is 41.2. The highest BCUT2D eigenvalue weighted by Gasteiger charge is 2.41. The van der Waals surface area contributed by atoms with E-state index in [2.05, 4.69) is 13.8 Å². The summed E-state index contributed by atoms with van der Waals surface area (Å²) in [5.41, 5.74) is 7.13. The maximum atomic E-state index is 6.55. The monoisotopic (exact) mass is 249 g/mol. The molecule has 4 unspecified atom stereocenters. The fourth-order valence-electron chi connectivity index (χ4n) is 5.06. The first-order valence-corrected chi connectivity index (χ1v) is 8.29. The first-order chi connectivity index (χ1) is 8.53. The van der Waals surface area contributed by atoms with Gasteiger partial charge in [0, 0.05) is 6.04 Å². The van der Waals surface area contributed by atoms with Crippen molar-refractivity contribution in [1.29, 1.82) is 0 Å². The van der Waals surface area contributed by atoms with Gasteiger partial charge in [0.2, 0.25) is 0 Å². The lowest BCUT2D eigenvalue weighted by Gasteiger charge is -2.38. The van der Waals surface area contributed by atoms with Gasteiger partial charge in [0.1, 0.15) is 0 Å². The van der Waals surface area contributed by atoms with Crippen molar-refractivity contribution in [1.82, 2.24) is 0 Å². The highest BCUT2D eigenvalue weighted by molar-refractivity contribution is 4.93. The molecule has 0 aliphatic heterocycles. The Hall–Kier alpha value is -0.0400. The van der Waals surface area contributed by atoms with E-state index in [4.69, 9.17) is 5.73 Å². The number of hydrogen-bond acceptors (Lipinski definition) is 1. The van der Waals surface area contributed by atoms with Crippen LogP contribution in [0.2, 0.25) is 0 Å². The van der Waals surface area contributed by atoms with Crippen LogP contribution in [0.4, 0.5) is 0 Å². The Bertz CT molecular complexity index is 286. The van der Waals surface area contributed by atoms with E-state index in [1.165, 1.54) is 57.8 Å². The highest BCUT2D eigenvalue weighted by Crippen LogP contribution is 2.50. The molecular weight excluding hydrogens is 218 g/mol. The Balaban J connectivity index is 1.48. The van der Waals surface area contributed by atoms with Gasteiger partial charge in [-0.15, -0.1) is 0 Å². The van der Waals surface area contributed by atoms with Gasteiger partial charge in [-0.2, -0.15) is 0 Å². The second-order valence-corrected chi connectivity index (χ2v) is 8.34. The smallest absolute Gasteiger partial charge is 0.00699 e. The van der Waals surface area contributed by atoms with Crippen molar-refractivity contribution in [3.8, 4) is 0 Å². The lowest BCUT2D eigenvalue weighted by molar-refractivity contribution is 0.156. The molecule has 0 heterocycles. The molecule has 3 saturated carbocycles. The summed E-state index contributed by atoms with van der Waals surface area (Å²) in [5, 5.41) is 0. The SMILES string of the molecule is CC1(C)CCC(C(N)CC2CC3CCC2C3)CC1. The van der Waals surface area contributed by atoms with Gasteiger partial charge in [-0.1, -0.05) is 20.3 Å². The first-order valence-electron chi connectivity index (χ1n) is 8.29. The molecule has 0 aromatic rings. The Labute approximate surface area is 113 Å². The predicted octanol–water partition coefficient (Wildman–Crippen LogP) is 4.36. The largest absolute Gasteiger partial charge is 0.327 e. The van der Waals surface area contributed by atoms with Gasteiger partial charge in [-0.05, 0) is 80.5 Å². The van der Waals surface area contributed by atoms with Crippen molar-refractivity contribution in [2.45, 2.75) is 77.7 Å². The summed E-state index contributed by atoms with van der Waals surface area (Å²) in [6.45, 7) is 4.84. The summed E-state index contributed by atoms with van der Waals surface area (Å²) in [5.74, 6) is 3.96. The number of rotatable bonds is 3. The van der Waals surface area contributed by atoms with Crippen molar-refractivity contribution in [2.75, 3.05) is 0 Å². The molecule has 0 amide bonds. The van der Waals surface area contributed by atoms with E-state index < -0.39 is 0 Å². The van der Waals surface area contributed by atoms with E-state index in [0.29, 0.717) is 11.5 Å². The quantitative estimate of drug-likeness (QED) is 0.790. The van der Waals surface area contributed by atoms with Crippen molar-refractivity contribution in [3.63, 3.8) is 0 Å². The zero-order chi connectivity index (χ0) is 12.8. The van der Waals surface area contributed by atoms with Crippen LogP contribution in [-0.2, 0) is 0 Å². The van der Waals surface area contributed by atoms with Crippen LogP contribution in [-0.4, -0.2) is 6.04 Å². The summed E-state index contributed by atoms with van der Waals surface area (Å²) < 4.78 is 0. The van der Waals surface area contributed by atoms with Crippen LogP contribution < -0.4 is 5.73 Å². The molecule has 0 aromatic carbocycles. The maximum absolute atomic E-state index is 6.55. The van der Waals surface area contributed by atoms with Gasteiger partial charge in [0.05, 0.1) is 0 Å². The minimum absolute atomic E-state index is 0.505. The summed E-state index contributed by atoms with van der Waals surface area (Å²) in [7, 11) is 0. The third kappa shape index (κ3) is 2.61. The highest BCUT2D eigenvalue weighted by atomic mass is 14.7. The molecule has 3 aliphatic carbocycles. The second kappa shape index (κ2) is 4.81. The fourth-order valence-corrected chi connectivity index (χ4v) is 5.06. The molecule has 18 heavy (non-hydrogen) atoms. The van der Waals surface area contributed by atoms with Crippen molar-refractivity contribution < 1.29 is 0 Å². The maximum Gasteiger partial charge on any atom is 0.00699 e. The summed E-state index contributed by atoms with van der Waals surface area (Å²) in [6, 6.07) is 0.505. The Morgan fingerprint density at radius 2 is 1.78 bits per heavy atom. The van der Waals surface area contributed by atoms with Crippen molar-refractivity contribution in [2.24, 2.45) is 34.8 Å². The summed E-state index contributed by atoms with van der Waals surface area (Å²) >= 11 is 0. The van der Waals surface area contributed by atoms with Gasteiger partial charge < -0.3 is 5.73 Å². The number of hydrogen-bond donors (Lipinski definition) is 1. The molecule has 3 aliphatic rings. The van der Waals surface area contributed by atoms with Gasteiger partial charge in [-0.3, -0.25) is 0 Å². The molecule has 3 fully saturated rings. The van der Waals surface area contributed by atoms with Crippen molar-refractivity contribution in [3.05, 3.63) is 0 Å². The van der Waals surface area contributed by atoms with Gasteiger partial charge in [0.25, 0.3) is 0 Å². The second-order valence-electron chi connectivity index (χ2n) is 8.34. The van der Waals surface area contributed by atoms with Gasteiger partial charge in [0.15, 0.2) is 0 Å². The fraction of sp³-hybridized carbons (Fsp3) is 1.00. The van der Waals surface area contributed by atoms with Crippen LogP contribution in [0.15, 0.2) is 0 Å². The van der Waals surface area contributed by atoms with E-state index >= 15 is 0 Å². The standard InChI is InChI=1S/C17H31N/c1-17(2)7-5-13(6-8-17)16(18)11-15-10-12-3-4-14(15)9-12/h12-16H,3-11,18H2,1-2H3. The first kappa shape index (κ1) is 13.0. The van der Waals surface area contributed by atoms with Crippen molar-refractivity contribution >= 4 is 0 Å². The van der Waals surface area contributed by atoms with Crippen LogP contribution in [0.25, 0.3) is 0 Å². The molecule has 2 N–H and O–H groups in total. The Morgan fingerprint density at radius 3 is 2.33 bits per heavy atom. The third-order valence-electron chi connectivity index (χ3n) is 6.45. The zero-order valence-electron chi connectivity index (χ0n) is 12.3. The number of nitrogens with two attached hydrogens (primary N) is 1. The topological polar surface area (TPSA) is 26.0 Å². The van der Waals surface area contributed by atoms with E-state index in [0.717, 1.165) is 23.7 Å². The Morgan fingerprint density at radius 1 is 1.06 bits per heavy atom. The van der Waals surface area contributed by atoms with E-state index in [9.17, 15) is 0 Å².